The Kier molecular flexibility index (Phi) is 4.27. The lowest BCUT2D eigenvalue weighted by molar-refractivity contribution is -0.385. The van der Waals surface area contributed by atoms with Gasteiger partial charge in [-0.25, -0.2) is 4.98 Å². The van der Waals surface area contributed by atoms with Crippen molar-refractivity contribution in [2.24, 2.45) is 0 Å². The molecule has 2 heterocycles. The van der Waals surface area contributed by atoms with Crippen molar-refractivity contribution in [2.45, 2.75) is 6.42 Å². The van der Waals surface area contributed by atoms with Gasteiger partial charge >= 0.3 is 0 Å². The molecule has 5 nitrogen and oxygen atoms in total. The molecule has 0 atom stereocenters. The Morgan fingerprint density at radius 1 is 1.56 bits per heavy atom. The summed E-state index contributed by atoms with van der Waals surface area (Å²) in [5, 5.41) is 17.8. The summed E-state index contributed by atoms with van der Waals surface area (Å²) in [6.45, 7) is 0.736. The molecule has 0 spiro atoms. The second-order valence-electron chi connectivity index (χ2n) is 3.59. The Morgan fingerprint density at radius 2 is 2.39 bits per heavy atom. The van der Waals surface area contributed by atoms with E-state index in [9.17, 15) is 10.1 Å². The first kappa shape index (κ1) is 13.0. The van der Waals surface area contributed by atoms with E-state index in [2.05, 4.69) is 37.7 Å². The lowest BCUT2D eigenvalue weighted by Crippen LogP contribution is -2.06. The van der Waals surface area contributed by atoms with Gasteiger partial charge in [0.2, 0.25) is 0 Å². The molecule has 0 bridgehead atoms. The van der Waals surface area contributed by atoms with Crippen molar-refractivity contribution >= 4 is 38.8 Å². The number of hydrogen-bond acceptors (Lipinski definition) is 5. The van der Waals surface area contributed by atoms with Crippen LogP contribution in [0.5, 0.6) is 0 Å². The molecule has 0 saturated carbocycles. The van der Waals surface area contributed by atoms with Crippen molar-refractivity contribution in [1.29, 1.82) is 0 Å². The second kappa shape index (κ2) is 5.92. The Morgan fingerprint density at radius 3 is 3.00 bits per heavy atom. The van der Waals surface area contributed by atoms with E-state index in [4.69, 9.17) is 0 Å². The van der Waals surface area contributed by atoms with E-state index in [0.29, 0.717) is 10.3 Å². The maximum atomic E-state index is 10.6. The molecule has 0 unspecified atom stereocenters. The molecule has 1 N–H and O–H groups in total. The van der Waals surface area contributed by atoms with Crippen LogP contribution in [0.3, 0.4) is 0 Å². The Hall–Kier alpha value is -1.47. The molecule has 7 heteroatoms. The van der Waals surface area contributed by atoms with Crippen LogP contribution in [-0.2, 0) is 6.42 Å². The number of anilines is 1. The Labute approximate surface area is 116 Å². The van der Waals surface area contributed by atoms with Crippen LogP contribution in [0.15, 0.2) is 33.6 Å². The summed E-state index contributed by atoms with van der Waals surface area (Å²) in [5.41, 5.74) is 1.25. The van der Waals surface area contributed by atoms with Crippen molar-refractivity contribution < 1.29 is 4.92 Å². The monoisotopic (exact) mass is 327 g/mol. The van der Waals surface area contributed by atoms with E-state index in [-0.39, 0.29) is 5.69 Å². The average Bonchev–Trinajstić information content (AvgIpc) is 2.84. The topological polar surface area (TPSA) is 68.1 Å². The van der Waals surface area contributed by atoms with Crippen molar-refractivity contribution in [2.75, 3.05) is 11.9 Å². The highest BCUT2D eigenvalue weighted by molar-refractivity contribution is 9.10. The molecule has 0 aliphatic carbocycles. The van der Waals surface area contributed by atoms with Gasteiger partial charge in [0.15, 0.2) is 0 Å². The molecular formula is C11H10BrN3O2S. The number of aromatic nitrogens is 1. The van der Waals surface area contributed by atoms with Crippen LogP contribution in [0.1, 0.15) is 5.56 Å². The van der Waals surface area contributed by atoms with E-state index in [1.807, 2.05) is 5.38 Å². The third kappa shape index (κ3) is 3.27. The van der Waals surface area contributed by atoms with Crippen LogP contribution in [0, 0.1) is 10.1 Å². The van der Waals surface area contributed by atoms with Gasteiger partial charge in [-0.3, -0.25) is 10.1 Å². The summed E-state index contributed by atoms with van der Waals surface area (Å²) in [6.07, 6.45) is 2.15. The first-order valence-electron chi connectivity index (χ1n) is 5.21. The highest BCUT2D eigenvalue weighted by Crippen LogP contribution is 2.24. The third-order valence-corrected chi connectivity index (χ3v) is 3.66. The molecule has 2 rings (SSSR count). The molecule has 0 fully saturated rings. The summed E-state index contributed by atoms with van der Waals surface area (Å²) < 4.78 is 0.599. The van der Waals surface area contributed by atoms with Crippen molar-refractivity contribution in [1.82, 2.24) is 4.98 Å². The molecule has 18 heavy (non-hydrogen) atoms. The van der Waals surface area contributed by atoms with Crippen LogP contribution < -0.4 is 5.32 Å². The maximum absolute atomic E-state index is 10.6. The normalized spacial score (nSPS) is 10.3. The second-order valence-corrected chi connectivity index (χ2v) is 5.22. The van der Waals surface area contributed by atoms with Gasteiger partial charge in [-0.1, -0.05) is 0 Å². The quantitative estimate of drug-likeness (QED) is 0.674. The number of nitro groups is 1. The highest BCUT2D eigenvalue weighted by Gasteiger charge is 2.09. The van der Waals surface area contributed by atoms with Crippen LogP contribution >= 0.6 is 27.3 Å². The maximum Gasteiger partial charge on any atom is 0.288 e. The number of pyridine rings is 1. The van der Waals surface area contributed by atoms with Crippen LogP contribution in [0.4, 0.5) is 11.5 Å². The zero-order valence-corrected chi connectivity index (χ0v) is 11.7. The molecule has 0 aliphatic rings. The fraction of sp³-hybridized carbons (Fsp3) is 0.182. The summed E-state index contributed by atoms with van der Waals surface area (Å²) in [4.78, 5) is 14.1. The van der Waals surface area contributed by atoms with Gasteiger partial charge in [-0.15, -0.1) is 0 Å². The largest absolute Gasteiger partial charge is 0.369 e. The molecular weight excluding hydrogens is 318 g/mol. The van der Waals surface area contributed by atoms with Crippen LogP contribution in [0.25, 0.3) is 0 Å². The molecule has 0 aromatic carbocycles. The van der Waals surface area contributed by atoms with Crippen LogP contribution in [-0.4, -0.2) is 16.5 Å². The van der Waals surface area contributed by atoms with E-state index in [1.165, 1.54) is 17.8 Å². The lowest BCUT2D eigenvalue weighted by atomic mass is 10.2. The van der Waals surface area contributed by atoms with Gasteiger partial charge in [0, 0.05) is 12.6 Å². The van der Waals surface area contributed by atoms with Gasteiger partial charge in [0.25, 0.3) is 5.69 Å². The van der Waals surface area contributed by atoms with E-state index >= 15 is 0 Å². The molecule has 2 aromatic rings. The Balaban J connectivity index is 1.95. The van der Waals surface area contributed by atoms with E-state index in [0.717, 1.165) is 13.0 Å². The van der Waals surface area contributed by atoms with Gasteiger partial charge in [-0.2, -0.15) is 11.3 Å². The predicted octanol–water partition coefficient (Wildman–Crippen LogP) is 3.47. The number of hydrogen-bond donors (Lipinski definition) is 1. The summed E-state index contributed by atoms with van der Waals surface area (Å²) in [6, 6.07) is 3.52. The minimum Gasteiger partial charge on any atom is -0.369 e. The summed E-state index contributed by atoms with van der Waals surface area (Å²) in [5.74, 6) is 0.621. The highest BCUT2D eigenvalue weighted by atomic mass is 79.9. The van der Waals surface area contributed by atoms with Crippen LogP contribution in [0.2, 0.25) is 0 Å². The fourth-order valence-electron chi connectivity index (χ4n) is 1.42. The van der Waals surface area contributed by atoms with Gasteiger partial charge < -0.3 is 5.32 Å². The third-order valence-electron chi connectivity index (χ3n) is 2.32. The number of nitrogens with one attached hydrogen (secondary N) is 1. The minimum absolute atomic E-state index is 0.0229. The first-order valence-corrected chi connectivity index (χ1v) is 6.95. The smallest absolute Gasteiger partial charge is 0.288 e. The standard InChI is InChI=1S/C11H10BrN3O2S/c12-10-5-9(15(16)17)6-14-11(10)13-3-1-8-2-4-18-7-8/h2,4-7H,1,3H2,(H,13,14). The zero-order valence-electron chi connectivity index (χ0n) is 9.30. The summed E-state index contributed by atoms with van der Waals surface area (Å²) >= 11 is 4.93. The molecule has 2 aromatic heterocycles. The van der Waals surface area contributed by atoms with E-state index in [1.54, 1.807) is 11.3 Å². The first-order chi connectivity index (χ1) is 8.66. The minimum atomic E-state index is -0.465. The molecule has 0 amide bonds. The number of nitrogens with zero attached hydrogens (tertiary/aromatic N) is 2. The molecule has 0 radical (unpaired) electrons. The number of thiophene rings is 1. The molecule has 0 aliphatic heterocycles. The zero-order chi connectivity index (χ0) is 13.0. The van der Waals surface area contributed by atoms with Gasteiger partial charge in [-0.05, 0) is 44.7 Å². The van der Waals surface area contributed by atoms with Crippen molar-refractivity contribution in [3.8, 4) is 0 Å². The Bertz CT molecular complexity index is 545. The van der Waals surface area contributed by atoms with E-state index < -0.39 is 4.92 Å². The summed E-state index contributed by atoms with van der Waals surface area (Å²) in [7, 11) is 0. The van der Waals surface area contributed by atoms with Crippen molar-refractivity contribution in [3.63, 3.8) is 0 Å². The predicted molar refractivity (Wildman–Crippen MR) is 75.1 cm³/mol. The average molecular weight is 328 g/mol. The molecule has 94 valence electrons. The number of halogens is 1. The SMILES string of the molecule is O=[N+]([O-])c1cnc(NCCc2ccsc2)c(Br)c1. The van der Waals surface area contributed by atoms with Gasteiger partial charge in [0.1, 0.15) is 12.0 Å². The van der Waals surface area contributed by atoms with Gasteiger partial charge in [0.05, 0.1) is 9.40 Å². The van der Waals surface area contributed by atoms with Crippen molar-refractivity contribution in [3.05, 3.63) is 49.2 Å². The lowest BCUT2D eigenvalue weighted by Gasteiger charge is -2.06. The molecule has 0 saturated heterocycles. The fourth-order valence-corrected chi connectivity index (χ4v) is 2.60. The number of rotatable bonds is 5.